The number of fused-ring (bicyclic) bond motifs is 1. The summed E-state index contributed by atoms with van der Waals surface area (Å²) >= 11 is 0. The van der Waals surface area contributed by atoms with Crippen LogP contribution in [-0.2, 0) is 4.74 Å². The summed E-state index contributed by atoms with van der Waals surface area (Å²) in [5.74, 6) is -1.47. The number of Topliss-reactive ketones (excluding diaryl/α,β-unsaturated/α-hetero) is 1. The topological polar surface area (TPSA) is 69.2 Å². The smallest absolute Gasteiger partial charge is 0.338 e. The first-order valence-corrected chi connectivity index (χ1v) is 6.80. The van der Waals surface area contributed by atoms with Crippen LogP contribution in [0.15, 0.2) is 54.9 Å². The summed E-state index contributed by atoms with van der Waals surface area (Å²) in [5.41, 5.74) is 1.78. The predicted molar refractivity (Wildman–Crippen MR) is 80.6 cm³/mol. The number of halogens is 1. The zero-order chi connectivity index (χ0) is 16.2. The van der Waals surface area contributed by atoms with Crippen LogP contribution in [0.2, 0.25) is 0 Å². The molecule has 0 unspecified atom stereocenters. The maximum Gasteiger partial charge on any atom is 0.338 e. The summed E-state index contributed by atoms with van der Waals surface area (Å²) < 4.78 is 17.8. The molecule has 0 aliphatic rings. The summed E-state index contributed by atoms with van der Waals surface area (Å²) in [7, 11) is 0. The van der Waals surface area contributed by atoms with Crippen molar-refractivity contribution in [2.75, 3.05) is 6.61 Å². The zero-order valence-corrected chi connectivity index (χ0v) is 11.9. The third-order valence-electron chi connectivity index (χ3n) is 3.21. The van der Waals surface area contributed by atoms with Crippen LogP contribution in [0.3, 0.4) is 0 Å². The van der Waals surface area contributed by atoms with Gasteiger partial charge < -0.3 is 4.74 Å². The molecule has 3 aromatic rings. The van der Waals surface area contributed by atoms with Gasteiger partial charge in [0, 0.05) is 18.0 Å². The fourth-order valence-corrected chi connectivity index (χ4v) is 2.02. The van der Waals surface area contributed by atoms with Gasteiger partial charge in [-0.15, -0.1) is 0 Å². The number of carbonyl (C=O) groups is 2. The van der Waals surface area contributed by atoms with Crippen molar-refractivity contribution in [2.45, 2.75) is 0 Å². The molecule has 0 radical (unpaired) electrons. The van der Waals surface area contributed by atoms with Gasteiger partial charge in [0.05, 0.1) is 16.6 Å². The van der Waals surface area contributed by atoms with Crippen LogP contribution in [0.1, 0.15) is 20.7 Å². The van der Waals surface area contributed by atoms with Crippen molar-refractivity contribution >= 4 is 22.8 Å². The van der Waals surface area contributed by atoms with E-state index in [1.54, 1.807) is 24.4 Å². The van der Waals surface area contributed by atoms with Gasteiger partial charge in [-0.25, -0.2) is 9.18 Å². The van der Waals surface area contributed by atoms with Crippen molar-refractivity contribution in [3.05, 3.63) is 71.8 Å². The van der Waals surface area contributed by atoms with Crippen molar-refractivity contribution in [3.8, 4) is 0 Å². The predicted octanol–water partition coefficient (Wildman–Crippen LogP) is 2.81. The summed E-state index contributed by atoms with van der Waals surface area (Å²) in [5, 5.41) is 0. The van der Waals surface area contributed by atoms with Crippen molar-refractivity contribution in [2.24, 2.45) is 0 Å². The third kappa shape index (κ3) is 3.37. The van der Waals surface area contributed by atoms with Gasteiger partial charge >= 0.3 is 5.97 Å². The van der Waals surface area contributed by atoms with Crippen LogP contribution in [0.4, 0.5) is 4.39 Å². The minimum Gasteiger partial charge on any atom is -0.454 e. The molecule has 0 N–H and O–H groups in total. The molecular weight excluding hydrogens is 299 g/mol. The lowest BCUT2D eigenvalue weighted by Gasteiger charge is -2.05. The number of benzene rings is 2. The molecule has 114 valence electrons. The van der Waals surface area contributed by atoms with Gasteiger partial charge in [-0.2, -0.15) is 0 Å². The Labute approximate surface area is 130 Å². The third-order valence-corrected chi connectivity index (χ3v) is 3.21. The number of nitrogens with zero attached hydrogens (tertiary/aromatic N) is 2. The summed E-state index contributed by atoms with van der Waals surface area (Å²) in [6, 6.07) is 9.80. The number of ether oxygens (including phenoxy) is 1. The van der Waals surface area contributed by atoms with Gasteiger partial charge in [-0.3, -0.25) is 14.8 Å². The van der Waals surface area contributed by atoms with E-state index in [2.05, 4.69) is 9.97 Å². The van der Waals surface area contributed by atoms with Crippen LogP contribution in [-0.4, -0.2) is 28.3 Å². The van der Waals surface area contributed by atoms with Gasteiger partial charge in [0.25, 0.3) is 0 Å². The SMILES string of the molecule is O=C(COC(=O)c1ccc2nccnc2c1)c1ccc(F)cc1. The maximum atomic E-state index is 12.8. The Balaban J connectivity index is 1.68. The Hall–Kier alpha value is -3.15. The van der Waals surface area contributed by atoms with E-state index >= 15 is 0 Å². The molecule has 0 aliphatic heterocycles. The van der Waals surface area contributed by atoms with E-state index in [9.17, 15) is 14.0 Å². The summed E-state index contributed by atoms with van der Waals surface area (Å²) in [6.07, 6.45) is 3.08. The molecule has 5 nitrogen and oxygen atoms in total. The number of hydrogen-bond donors (Lipinski definition) is 0. The minimum absolute atomic E-state index is 0.281. The quantitative estimate of drug-likeness (QED) is 0.547. The van der Waals surface area contributed by atoms with E-state index < -0.39 is 24.2 Å². The van der Waals surface area contributed by atoms with Crippen molar-refractivity contribution in [1.82, 2.24) is 9.97 Å². The van der Waals surface area contributed by atoms with Gasteiger partial charge in [-0.1, -0.05) is 0 Å². The number of aromatic nitrogens is 2. The molecule has 6 heteroatoms. The average molecular weight is 310 g/mol. The second-order valence-electron chi connectivity index (χ2n) is 4.77. The molecule has 0 bridgehead atoms. The van der Waals surface area contributed by atoms with E-state index in [4.69, 9.17) is 4.74 Å². The van der Waals surface area contributed by atoms with Crippen LogP contribution in [0.5, 0.6) is 0 Å². The van der Waals surface area contributed by atoms with Gasteiger partial charge in [-0.05, 0) is 42.5 Å². The Morgan fingerprint density at radius 3 is 2.30 bits per heavy atom. The van der Waals surface area contributed by atoms with Crippen molar-refractivity contribution in [1.29, 1.82) is 0 Å². The van der Waals surface area contributed by atoms with Gasteiger partial charge in [0.15, 0.2) is 12.4 Å². The average Bonchev–Trinajstić information content (AvgIpc) is 2.59. The van der Waals surface area contributed by atoms with Crippen LogP contribution < -0.4 is 0 Å². The number of carbonyl (C=O) groups excluding carboxylic acids is 2. The minimum atomic E-state index is -0.631. The summed E-state index contributed by atoms with van der Waals surface area (Å²) in [4.78, 5) is 32.1. The van der Waals surface area contributed by atoms with E-state index in [0.717, 1.165) is 0 Å². The highest BCUT2D eigenvalue weighted by atomic mass is 19.1. The van der Waals surface area contributed by atoms with E-state index in [-0.39, 0.29) is 11.1 Å². The Kier molecular flexibility index (Phi) is 4.05. The highest BCUT2D eigenvalue weighted by Crippen LogP contribution is 2.12. The molecule has 3 rings (SSSR count). The standard InChI is InChI=1S/C17H11FN2O3/c18-13-4-1-11(2-5-13)16(21)10-23-17(22)12-3-6-14-15(9-12)20-8-7-19-14/h1-9H,10H2. The Morgan fingerprint density at radius 1 is 0.913 bits per heavy atom. The van der Waals surface area contributed by atoms with Crippen molar-refractivity contribution < 1.29 is 18.7 Å². The molecule has 23 heavy (non-hydrogen) atoms. The lowest BCUT2D eigenvalue weighted by atomic mass is 10.1. The van der Waals surface area contributed by atoms with Crippen LogP contribution >= 0.6 is 0 Å². The number of rotatable bonds is 4. The first-order valence-electron chi connectivity index (χ1n) is 6.80. The monoisotopic (exact) mass is 310 g/mol. The number of esters is 1. The lowest BCUT2D eigenvalue weighted by molar-refractivity contribution is 0.0475. The molecule has 1 aromatic heterocycles. The van der Waals surface area contributed by atoms with Gasteiger partial charge in [0.2, 0.25) is 0 Å². The molecule has 0 aliphatic carbocycles. The first-order chi connectivity index (χ1) is 11.1. The highest BCUT2D eigenvalue weighted by Gasteiger charge is 2.12. The first kappa shape index (κ1) is 14.8. The fourth-order valence-electron chi connectivity index (χ4n) is 2.02. The summed E-state index contributed by atoms with van der Waals surface area (Å²) in [6.45, 7) is -0.414. The number of ketones is 1. The largest absolute Gasteiger partial charge is 0.454 e. The van der Waals surface area contributed by atoms with E-state index in [1.807, 2.05) is 0 Å². The molecule has 0 spiro atoms. The van der Waals surface area contributed by atoms with E-state index in [1.165, 1.54) is 30.5 Å². The Bertz CT molecular complexity index is 878. The Morgan fingerprint density at radius 2 is 1.57 bits per heavy atom. The van der Waals surface area contributed by atoms with E-state index in [0.29, 0.717) is 11.0 Å². The molecule has 0 fully saturated rings. The second-order valence-corrected chi connectivity index (χ2v) is 4.77. The molecule has 2 aromatic carbocycles. The molecule has 0 amide bonds. The molecule has 1 heterocycles. The second kappa shape index (κ2) is 6.31. The zero-order valence-electron chi connectivity index (χ0n) is 11.9. The molecule has 0 atom stereocenters. The van der Waals surface area contributed by atoms with Crippen LogP contribution in [0, 0.1) is 5.82 Å². The van der Waals surface area contributed by atoms with Crippen molar-refractivity contribution in [3.63, 3.8) is 0 Å². The molecular formula is C17H11FN2O3. The lowest BCUT2D eigenvalue weighted by Crippen LogP contribution is -2.14. The van der Waals surface area contributed by atoms with Gasteiger partial charge in [0.1, 0.15) is 5.82 Å². The molecule has 0 saturated carbocycles. The maximum absolute atomic E-state index is 12.8. The normalized spacial score (nSPS) is 10.5. The van der Waals surface area contributed by atoms with Crippen LogP contribution in [0.25, 0.3) is 11.0 Å². The fraction of sp³-hybridized carbons (Fsp3) is 0.0588. The molecule has 0 saturated heterocycles. The highest BCUT2D eigenvalue weighted by molar-refractivity contribution is 6.00. The number of hydrogen-bond acceptors (Lipinski definition) is 5.